The van der Waals surface area contributed by atoms with Crippen LogP contribution in [0.25, 0.3) is 0 Å². The highest BCUT2D eigenvalue weighted by Crippen LogP contribution is 2.31. The highest BCUT2D eigenvalue weighted by atomic mass is 35.5. The van der Waals surface area contributed by atoms with Gasteiger partial charge in [0, 0.05) is 29.0 Å². The van der Waals surface area contributed by atoms with Gasteiger partial charge in [-0.25, -0.2) is 4.98 Å². The maximum absolute atomic E-state index is 5.83. The minimum Gasteiger partial charge on any atom is -0.343 e. The van der Waals surface area contributed by atoms with Crippen LogP contribution in [-0.2, 0) is 0 Å². The zero-order valence-corrected chi connectivity index (χ0v) is 10.6. The van der Waals surface area contributed by atoms with Crippen LogP contribution >= 0.6 is 34.7 Å². The van der Waals surface area contributed by atoms with Crippen molar-refractivity contribution < 1.29 is 0 Å². The monoisotopic (exact) mass is 248 g/mol. The van der Waals surface area contributed by atoms with Crippen molar-refractivity contribution in [2.45, 2.75) is 25.1 Å². The van der Waals surface area contributed by atoms with E-state index in [9.17, 15) is 0 Å². The van der Waals surface area contributed by atoms with Crippen LogP contribution in [0.5, 0.6) is 0 Å². The first kappa shape index (κ1) is 10.6. The molecule has 0 N–H and O–H groups in total. The molecule has 2 rings (SSSR count). The van der Waals surface area contributed by atoms with E-state index in [1.165, 1.54) is 5.75 Å². The number of thioether (sulfide) groups is 1. The quantitative estimate of drug-likeness (QED) is 0.760. The molecule has 0 bridgehead atoms. The van der Waals surface area contributed by atoms with Crippen LogP contribution in [0.3, 0.4) is 0 Å². The zero-order valence-electron chi connectivity index (χ0n) is 8.24. The van der Waals surface area contributed by atoms with Crippen molar-refractivity contribution in [1.29, 1.82) is 0 Å². The molecule has 5 heteroatoms. The predicted octanol–water partition coefficient (Wildman–Crippen LogP) is 3.13. The minimum atomic E-state index is 0.552. The molecule has 2 nitrogen and oxygen atoms in total. The summed E-state index contributed by atoms with van der Waals surface area (Å²) in [5, 5.41) is 4.25. The fourth-order valence-electron chi connectivity index (χ4n) is 1.58. The molecule has 0 amide bonds. The van der Waals surface area contributed by atoms with Crippen LogP contribution in [0, 0.1) is 0 Å². The van der Waals surface area contributed by atoms with Crippen LogP contribution in [0.2, 0.25) is 5.15 Å². The molecule has 1 aliphatic heterocycles. The number of rotatable bonds is 1. The molecule has 0 saturated carbocycles. The number of hydrogen-bond donors (Lipinski definition) is 0. The van der Waals surface area contributed by atoms with E-state index >= 15 is 0 Å². The molecule has 1 saturated heterocycles. The van der Waals surface area contributed by atoms with Gasteiger partial charge in [-0.05, 0) is 6.92 Å². The molecule has 0 radical (unpaired) electrons. The predicted molar refractivity (Wildman–Crippen MR) is 65.9 cm³/mol. The molecule has 1 aromatic heterocycles. The largest absolute Gasteiger partial charge is 0.343 e. The lowest BCUT2D eigenvalue weighted by Gasteiger charge is -2.37. The highest BCUT2D eigenvalue weighted by Gasteiger charge is 2.26. The summed E-state index contributed by atoms with van der Waals surface area (Å²) >= 11 is 9.50. The van der Waals surface area contributed by atoms with Gasteiger partial charge in [0.2, 0.25) is 0 Å². The summed E-state index contributed by atoms with van der Waals surface area (Å²) < 4.78 is 0. The van der Waals surface area contributed by atoms with Crippen LogP contribution < -0.4 is 4.90 Å². The Kier molecular flexibility index (Phi) is 3.24. The number of nitrogens with zero attached hydrogens (tertiary/aromatic N) is 2. The van der Waals surface area contributed by atoms with Gasteiger partial charge in [0.05, 0.1) is 0 Å². The van der Waals surface area contributed by atoms with Gasteiger partial charge >= 0.3 is 0 Å². The Morgan fingerprint density at radius 2 is 2.36 bits per heavy atom. The molecule has 1 aromatic rings. The lowest BCUT2D eigenvalue weighted by atomic mass is 10.2. The number of anilines is 1. The van der Waals surface area contributed by atoms with Crippen molar-refractivity contribution in [2.75, 3.05) is 17.2 Å². The first-order valence-corrected chi connectivity index (χ1v) is 6.98. The van der Waals surface area contributed by atoms with Gasteiger partial charge in [-0.15, -0.1) is 11.3 Å². The van der Waals surface area contributed by atoms with Crippen molar-refractivity contribution >= 4 is 39.8 Å². The topological polar surface area (TPSA) is 16.1 Å². The Bertz CT molecular complexity index is 316. The van der Waals surface area contributed by atoms with Crippen LogP contribution in [0.1, 0.15) is 13.8 Å². The fraction of sp³-hybridized carbons (Fsp3) is 0.667. The molecule has 2 unspecified atom stereocenters. The summed E-state index contributed by atoms with van der Waals surface area (Å²) in [4.78, 5) is 6.68. The molecule has 0 spiro atoms. The van der Waals surface area contributed by atoms with Crippen molar-refractivity contribution in [3.63, 3.8) is 0 Å². The minimum absolute atomic E-state index is 0.552. The van der Waals surface area contributed by atoms with Gasteiger partial charge in [0.15, 0.2) is 5.13 Å². The molecule has 1 aliphatic rings. The normalized spacial score (nSPS) is 28.1. The second-order valence-electron chi connectivity index (χ2n) is 3.46. The van der Waals surface area contributed by atoms with Gasteiger partial charge in [0.25, 0.3) is 0 Å². The summed E-state index contributed by atoms with van der Waals surface area (Å²) in [6.45, 7) is 5.61. The van der Waals surface area contributed by atoms with Gasteiger partial charge in [0.1, 0.15) is 5.15 Å². The van der Waals surface area contributed by atoms with Gasteiger partial charge in [-0.1, -0.05) is 18.5 Å². The maximum atomic E-state index is 5.83. The van der Waals surface area contributed by atoms with Crippen LogP contribution in [0.15, 0.2) is 5.38 Å². The summed E-state index contributed by atoms with van der Waals surface area (Å²) in [7, 11) is 0. The Morgan fingerprint density at radius 3 is 3.00 bits per heavy atom. The first-order chi connectivity index (χ1) is 6.68. The molecule has 1 fully saturated rings. The molecule has 2 heterocycles. The second kappa shape index (κ2) is 4.29. The summed E-state index contributed by atoms with van der Waals surface area (Å²) in [6, 6.07) is 0.552. The van der Waals surface area contributed by atoms with E-state index in [1.54, 1.807) is 11.3 Å². The maximum Gasteiger partial charge on any atom is 0.187 e. The standard InChI is InChI=1S/C9H13ClN2S2/c1-6-7(2)13-4-3-12(6)9-11-8(10)5-14-9/h5-7H,3-4H2,1-2H3. The smallest absolute Gasteiger partial charge is 0.187 e. The number of aromatic nitrogens is 1. The van der Waals surface area contributed by atoms with E-state index in [0.717, 1.165) is 11.7 Å². The third-order valence-corrected chi connectivity index (χ3v) is 5.13. The summed E-state index contributed by atoms with van der Waals surface area (Å²) in [5.74, 6) is 1.18. The Balaban J connectivity index is 2.17. The van der Waals surface area contributed by atoms with Gasteiger partial charge in [-0.2, -0.15) is 11.8 Å². The van der Waals surface area contributed by atoms with Crippen molar-refractivity contribution in [1.82, 2.24) is 4.98 Å². The molecule has 78 valence electrons. The lowest BCUT2D eigenvalue weighted by Crippen LogP contribution is -2.44. The van der Waals surface area contributed by atoms with Gasteiger partial charge < -0.3 is 4.90 Å². The number of thiazole rings is 1. The Hall–Kier alpha value is 0.0700. The molecular formula is C9H13ClN2S2. The van der Waals surface area contributed by atoms with E-state index in [2.05, 4.69) is 23.7 Å². The molecule has 14 heavy (non-hydrogen) atoms. The van der Waals surface area contributed by atoms with Crippen molar-refractivity contribution in [3.05, 3.63) is 10.5 Å². The van der Waals surface area contributed by atoms with E-state index in [0.29, 0.717) is 16.4 Å². The van der Waals surface area contributed by atoms with Crippen LogP contribution in [-0.4, -0.2) is 28.6 Å². The fourth-order valence-corrected chi connectivity index (χ4v) is 3.74. The SMILES string of the molecule is CC1SCCN(c2nc(Cl)cs2)C1C. The van der Waals surface area contributed by atoms with E-state index in [1.807, 2.05) is 17.1 Å². The third kappa shape index (κ3) is 2.02. The molecule has 0 aliphatic carbocycles. The first-order valence-electron chi connectivity index (χ1n) is 4.68. The molecular weight excluding hydrogens is 236 g/mol. The Labute approximate surface area is 97.7 Å². The second-order valence-corrected chi connectivity index (χ2v) is 6.17. The lowest BCUT2D eigenvalue weighted by molar-refractivity contribution is 0.626. The summed E-state index contributed by atoms with van der Waals surface area (Å²) in [6.07, 6.45) is 0. The van der Waals surface area contributed by atoms with Crippen molar-refractivity contribution in [2.24, 2.45) is 0 Å². The number of halogens is 1. The van der Waals surface area contributed by atoms with Crippen molar-refractivity contribution in [3.8, 4) is 0 Å². The van der Waals surface area contributed by atoms with Gasteiger partial charge in [-0.3, -0.25) is 0 Å². The van der Waals surface area contributed by atoms with E-state index in [4.69, 9.17) is 11.6 Å². The van der Waals surface area contributed by atoms with E-state index < -0.39 is 0 Å². The van der Waals surface area contributed by atoms with E-state index in [-0.39, 0.29) is 0 Å². The molecule has 2 atom stereocenters. The Morgan fingerprint density at radius 1 is 1.57 bits per heavy atom. The zero-order chi connectivity index (χ0) is 10.1. The average Bonchev–Trinajstić information content (AvgIpc) is 2.57. The number of hydrogen-bond acceptors (Lipinski definition) is 4. The highest BCUT2D eigenvalue weighted by molar-refractivity contribution is 8.00. The summed E-state index contributed by atoms with van der Waals surface area (Å²) in [5.41, 5.74) is 0. The third-order valence-electron chi connectivity index (χ3n) is 2.59. The van der Waals surface area contributed by atoms with Crippen LogP contribution in [0.4, 0.5) is 5.13 Å². The average molecular weight is 249 g/mol. The molecule has 0 aromatic carbocycles.